The molecule has 0 saturated carbocycles. The molecule has 0 amide bonds. The molecular formula is C15H21N3O3. The summed E-state index contributed by atoms with van der Waals surface area (Å²) in [6, 6.07) is 0. The van der Waals surface area contributed by atoms with E-state index in [1.54, 1.807) is 6.08 Å². The van der Waals surface area contributed by atoms with E-state index >= 15 is 0 Å². The zero-order valence-corrected chi connectivity index (χ0v) is 12.4. The van der Waals surface area contributed by atoms with Crippen molar-refractivity contribution in [1.29, 1.82) is 0 Å². The molecule has 0 unspecified atom stereocenters. The van der Waals surface area contributed by atoms with Crippen LogP contribution in [-0.4, -0.2) is 60.4 Å². The third-order valence-corrected chi connectivity index (χ3v) is 3.48. The third-order valence-electron chi connectivity index (χ3n) is 3.48. The van der Waals surface area contributed by atoms with E-state index in [2.05, 4.69) is 23.0 Å². The Labute approximate surface area is 124 Å². The highest BCUT2D eigenvalue weighted by Crippen LogP contribution is 2.14. The molecule has 21 heavy (non-hydrogen) atoms. The number of imidazole rings is 1. The zero-order valence-electron chi connectivity index (χ0n) is 12.4. The van der Waals surface area contributed by atoms with E-state index in [4.69, 9.17) is 9.47 Å². The average molecular weight is 291 g/mol. The summed E-state index contributed by atoms with van der Waals surface area (Å²) in [5.41, 5.74) is 1.33. The minimum absolute atomic E-state index is 0.295. The molecule has 1 saturated heterocycles. The van der Waals surface area contributed by atoms with Crippen LogP contribution in [-0.2, 0) is 16.0 Å². The second-order valence-electron chi connectivity index (χ2n) is 4.82. The van der Waals surface area contributed by atoms with Gasteiger partial charge in [-0.3, -0.25) is 4.90 Å². The number of allylic oxidation sites excluding steroid dienone is 2. The Morgan fingerprint density at radius 3 is 2.81 bits per heavy atom. The van der Waals surface area contributed by atoms with Crippen LogP contribution < -0.4 is 0 Å². The van der Waals surface area contributed by atoms with E-state index in [0.29, 0.717) is 23.6 Å². The van der Waals surface area contributed by atoms with Crippen molar-refractivity contribution in [2.45, 2.75) is 6.54 Å². The van der Waals surface area contributed by atoms with Gasteiger partial charge in [0.05, 0.1) is 26.0 Å². The van der Waals surface area contributed by atoms with Crippen molar-refractivity contribution in [3.63, 3.8) is 0 Å². The Kier molecular flexibility index (Phi) is 5.30. The van der Waals surface area contributed by atoms with E-state index in [-0.39, 0.29) is 0 Å². The molecule has 1 aliphatic rings. The van der Waals surface area contributed by atoms with E-state index in [1.165, 1.54) is 7.11 Å². The van der Waals surface area contributed by atoms with Gasteiger partial charge in [-0.05, 0) is 5.57 Å². The maximum absolute atomic E-state index is 11.8. The number of hydrogen-bond donors (Lipinski definition) is 0. The van der Waals surface area contributed by atoms with Crippen molar-refractivity contribution >= 4 is 11.5 Å². The quantitative estimate of drug-likeness (QED) is 0.582. The van der Waals surface area contributed by atoms with Gasteiger partial charge in [-0.15, -0.1) is 0 Å². The lowest BCUT2D eigenvalue weighted by molar-refractivity contribution is 0.0359. The first kappa shape index (κ1) is 15.5. The van der Waals surface area contributed by atoms with Crippen molar-refractivity contribution in [2.75, 3.05) is 40.0 Å². The summed E-state index contributed by atoms with van der Waals surface area (Å²) < 4.78 is 11.9. The van der Waals surface area contributed by atoms with E-state index in [0.717, 1.165) is 32.8 Å². The first-order valence-corrected chi connectivity index (χ1v) is 6.93. The molecule has 1 aromatic heterocycles. The summed E-state index contributed by atoms with van der Waals surface area (Å²) in [4.78, 5) is 18.4. The second kappa shape index (κ2) is 7.19. The molecule has 0 atom stereocenters. The Morgan fingerprint density at radius 2 is 2.19 bits per heavy atom. The Bertz CT molecular complexity index is 530. The molecule has 6 heteroatoms. The second-order valence-corrected chi connectivity index (χ2v) is 4.82. The number of ether oxygens (including phenoxy) is 2. The number of morpholine rings is 1. The molecule has 114 valence electrons. The van der Waals surface area contributed by atoms with Gasteiger partial charge in [0, 0.05) is 32.4 Å². The number of methoxy groups -OCH3 is 1. The van der Waals surface area contributed by atoms with Crippen LogP contribution in [0.15, 0.2) is 25.4 Å². The molecule has 0 radical (unpaired) electrons. The van der Waals surface area contributed by atoms with Crippen LogP contribution in [0.3, 0.4) is 0 Å². The summed E-state index contributed by atoms with van der Waals surface area (Å²) in [5, 5.41) is 0. The van der Waals surface area contributed by atoms with Crippen LogP contribution in [0.25, 0.3) is 5.57 Å². The molecule has 1 aromatic rings. The summed E-state index contributed by atoms with van der Waals surface area (Å²) in [7, 11) is 1.35. The fourth-order valence-corrected chi connectivity index (χ4v) is 2.17. The molecule has 1 aliphatic heterocycles. The fraction of sp³-hybridized carbons (Fsp3) is 0.467. The topological polar surface area (TPSA) is 56.6 Å². The molecule has 0 bridgehead atoms. The van der Waals surface area contributed by atoms with Gasteiger partial charge >= 0.3 is 5.97 Å². The van der Waals surface area contributed by atoms with Gasteiger partial charge in [-0.25, -0.2) is 9.78 Å². The van der Waals surface area contributed by atoms with Crippen LogP contribution in [0.5, 0.6) is 0 Å². The van der Waals surface area contributed by atoms with Crippen molar-refractivity contribution < 1.29 is 14.3 Å². The first-order valence-electron chi connectivity index (χ1n) is 6.93. The standard InChI is InChI=1S/C15H21N3O3/c1-4-12(2)13-11-18(14(16-13)15(19)20-3)6-5-17-7-9-21-10-8-17/h4,11H,1-2,5-10H2,3H3. The lowest BCUT2D eigenvalue weighted by Gasteiger charge is -2.26. The summed E-state index contributed by atoms with van der Waals surface area (Å²) in [5.74, 6) is -0.149. The van der Waals surface area contributed by atoms with E-state index < -0.39 is 5.97 Å². The van der Waals surface area contributed by atoms with Crippen molar-refractivity contribution in [2.24, 2.45) is 0 Å². The number of esters is 1. The Hall–Kier alpha value is -1.92. The SMILES string of the molecule is C=CC(=C)c1cn(CCN2CCOCC2)c(C(=O)OC)n1. The van der Waals surface area contributed by atoms with Crippen molar-refractivity contribution in [1.82, 2.24) is 14.5 Å². The predicted octanol–water partition coefficient (Wildman–Crippen LogP) is 1.20. The molecule has 2 rings (SSSR count). The van der Waals surface area contributed by atoms with Crippen molar-refractivity contribution in [3.05, 3.63) is 36.9 Å². The number of carbonyl (C=O) groups excluding carboxylic acids is 1. The average Bonchev–Trinajstić information content (AvgIpc) is 2.96. The lowest BCUT2D eigenvalue weighted by atomic mass is 10.2. The smallest absolute Gasteiger partial charge is 0.374 e. The number of hydrogen-bond acceptors (Lipinski definition) is 5. The molecule has 2 heterocycles. The monoisotopic (exact) mass is 291 g/mol. The summed E-state index contributed by atoms with van der Waals surface area (Å²) in [6.07, 6.45) is 3.44. The number of carbonyl (C=O) groups is 1. The van der Waals surface area contributed by atoms with Crippen LogP contribution in [0, 0.1) is 0 Å². The molecular weight excluding hydrogens is 270 g/mol. The molecule has 6 nitrogen and oxygen atoms in total. The van der Waals surface area contributed by atoms with E-state index in [9.17, 15) is 4.79 Å². The summed E-state index contributed by atoms with van der Waals surface area (Å²) in [6.45, 7) is 12.4. The minimum atomic E-state index is -0.444. The van der Waals surface area contributed by atoms with Gasteiger partial charge < -0.3 is 14.0 Å². The van der Waals surface area contributed by atoms with Crippen LogP contribution in [0.2, 0.25) is 0 Å². The largest absolute Gasteiger partial charge is 0.463 e. The Balaban J connectivity index is 2.11. The normalized spacial score (nSPS) is 15.7. The highest BCUT2D eigenvalue weighted by atomic mass is 16.5. The maximum Gasteiger partial charge on any atom is 0.374 e. The molecule has 0 aliphatic carbocycles. The number of aromatic nitrogens is 2. The number of nitrogens with zero attached hydrogens (tertiary/aromatic N) is 3. The lowest BCUT2D eigenvalue weighted by Crippen LogP contribution is -2.38. The van der Waals surface area contributed by atoms with E-state index in [1.807, 2.05) is 10.8 Å². The highest BCUT2D eigenvalue weighted by molar-refractivity contribution is 5.86. The highest BCUT2D eigenvalue weighted by Gasteiger charge is 2.18. The van der Waals surface area contributed by atoms with Gasteiger partial charge in [-0.1, -0.05) is 19.2 Å². The third kappa shape index (κ3) is 3.80. The number of rotatable bonds is 6. The molecule has 0 aromatic carbocycles. The maximum atomic E-state index is 11.8. The van der Waals surface area contributed by atoms with Gasteiger partial charge in [0.1, 0.15) is 0 Å². The van der Waals surface area contributed by atoms with Gasteiger partial charge in [0.2, 0.25) is 5.82 Å². The van der Waals surface area contributed by atoms with Gasteiger partial charge in [0.15, 0.2) is 0 Å². The van der Waals surface area contributed by atoms with Crippen LogP contribution >= 0.6 is 0 Å². The molecule has 0 spiro atoms. The van der Waals surface area contributed by atoms with Crippen LogP contribution in [0.4, 0.5) is 0 Å². The summed E-state index contributed by atoms with van der Waals surface area (Å²) >= 11 is 0. The van der Waals surface area contributed by atoms with Crippen molar-refractivity contribution in [3.8, 4) is 0 Å². The first-order chi connectivity index (χ1) is 10.2. The Morgan fingerprint density at radius 1 is 1.48 bits per heavy atom. The van der Waals surface area contributed by atoms with Gasteiger partial charge in [-0.2, -0.15) is 0 Å². The molecule has 0 N–H and O–H groups in total. The fourth-order valence-electron chi connectivity index (χ4n) is 2.17. The minimum Gasteiger partial charge on any atom is -0.463 e. The molecule has 1 fully saturated rings. The predicted molar refractivity (Wildman–Crippen MR) is 80.1 cm³/mol. The van der Waals surface area contributed by atoms with Crippen LogP contribution in [0.1, 0.15) is 16.3 Å². The van der Waals surface area contributed by atoms with Gasteiger partial charge in [0.25, 0.3) is 0 Å². The zero-order chi connectivity index (χ0) is 15.2.